The molecule has 2 aliphatic rings. The van der Waals surface area contributed by atoms with E-state index in [2.05, 4.69) is 5.16 Å². The van der Waals surface area contributed by atoms with E-state index in [-0.39, 0.29) is 5.60 Å². The molecule has 0 radical (unpaired) electrons. The quantitative estimate of drug-likeness (QED) is 0.837. The summed E-state index contributed by atoms with van der Waals surface area (Å²) in [7, 11) is -3.39. The summed E-state index contributed by atoms with van der Waals surface area (Å²) in [5.41, 5.74) is 0.789. The lowest BCUT2D eigenvalue weighted by Crippen LogP contribution is -2.46. The second kappa shape index (κ2) is 4.86. The predicted molar refractivity (Wildman–Crippen MR) is 76.1 cm³/mol. The molecule has 3 rings (SSSR count). The van der Waals surface area contributed by atoms with Crippen LogP contribution in [0.15, 0.2) is 34.3 Å². The van der Waals surface area contributed by atoms with Gasteiger partial charge in [0.2, 0.25) is 10.0 Å². The summed E-state index contributed by atoms with van der Waals surface area (Å²) in [4.78, 5) is 5.78. The van der Waals surface area contributed by atoms with Crippen molar-refractivity contribution in [1.29, 1.82) is 0 Å². The molecule has 0 aromatic heterocycles. The molecule has 2 aliphatic heterocycles. The lowest BCUT2D eigenvalue weighted by atomic mass is 9.90. The number of oxime groups is 1. The van der Waals surface area contributed by atoms with Crippen molar-refractivity contribution in [3.8, 4) is 0 Å². The number of sulfonamides is 1. The fourth-order valence-corrected chi connectivity index (χ4v) is 4.12. The predicted octanol–water partition coefficient (Wildman–Crippen LogP) is 1.92. The van der Waals surface area contributed by atoms with Crippen LogP contribution >= 0.6 is 0 Å². The van der Waals surface area contributed by atoms with Gasteiger partial charge in [0.15, 0.2) is 0 Å². The van der Waals surface area contributed by atoms with Crippen molar-refractivity contribution in [3.05, 3.63) is 29.8 Å². The minimum atomic E-state index is -3.39. The molecular weight excluding hydrogens is 276 g/mol. The monoisotopic (exact) mass is 294 g/mol. The fourth-order valence-electron chi connectivity index (χ4n) is 2.68. The van der Waals surface area contributed by atoms with Crippen molar-refractivity contribution in [2.75, 3.05) is 13.1 Å². The molecule has 0 amide bonds. The minimum Gasteiger partial charge on any atom is -0.389 e. The summed E-state index contributed by atoms with van der Waals surface area (Å²) in [5, 5.41) is 3.82. The van der Waals surface area contributed by atoms with E-state index in [1.165, 1.54) is 0 Å². The van der Waals surface area contributed by atoms with Gasteiger partial charge in [-0.1, -0.05) is 22.9 Å². The van der Waals surface area contributed by atoms with E-state index in [1.807, 2.05) is 19.1 Å². The number of piperidine rings is 1. The highest BCUT2D eigenvalue weighted by atomic mass is 32.2. The molecule has 0 N–H and O–H groups in total. The molecule has 0 saturated carbocycles. The van der Waals surface area contributed by atoms with Gasteiger partial charge in [0.1, 0.15) is 5.60 Å². The van der Waals surface area contributed by atoms with E-state index in [1.54, 1.807) is 22.7 Å². The Hall–Kier alpha value is -1.40. The molecule has 1 saturated heterocycles. The first-order valence-corrected chi connectivity index (χ1v) is 8.23. The van der Waals surface area contributed by atoms with E-state index in [0.29, 0.717) is 30.8 Å². The van der Waals surface area contributed by atoms with Crippen LogP contribution in [0.3, 0.4) is 0 Å². The largest absolute Gasteiger partial charge is 0.389 e. The summed E-state index contributed by atoms with van der Waals surface area (Å²) in [6, 6.07) is 6.99. The standard InChI is InChI=1S/C14H18N2O3S/c1-12-2-4-13(5-3-12)20(17,18)16-10-7-14(8-11-16)6-9-15-19-14/h2-5,9H,6-8,10-11H2,1H3. The molecule has 0 bridgehead atoms. The van der Waals surface area contributed by atoms with Crippen LogP contribution in [0.1, 0.15) is 24.8 Å². The molecule has 1 spiro atoms. The smallest absolute Gasteiger partial charge is 0.243 e. The van der Waals surface area contributed by atoms with Gasteiger partial charge in [-0.15, -0.1) is 0 Å². The van der Waals surface area contributed by atoms with Gasteiger partial charge in [-0.3, -0.25) is 0 Å². The highest BCUT2D eigenvalue weighted by molar-refractivity contribution is 7.89. The van der Waals surface area contributed by atoms with E-state index in [9.17, 15) is 8.42 Å². The molecule has 1 aromatic carbocycles. The number of rotatable bonds is 2. The SMILES string of the molecule is Cc1ccc(S(=O)(=O)N2CCC3(CC=NO3)CC2)cc1. The molecule has 0 unspecified atom stereocenters. The van der Waals surface area contributed by atoms with Crippen LogP contribution in [0.25, 0.3) is 0 Å². The zero-order chi connectivity index (χ0) is 14.2. The van der Waals surface area contributed by atoms with Crippen molar-refractivity contribution in [3.63, 3.8) is 0 Å². The van der Waals surface area contributed by atoms with E-state index >= 15 is 0 Å². The van der Waals surface area contributed by atoms with E-state index in [4.69, 9.17) is 4.84 Å². The van der Waals surface area contributed by atoms with Crippen molar-refractivity contribution >= 4 is 16.2 Å². The van der Waals surface area contributed by atoms with Crippen molar-refractivity contribution in [2.24, 2.45) is 5.16 Å². The number of aryl methyl sites for hydroxylation is 1. The Morgan fingerprint density at radius 1 is 1.20 bits per heavy atom. The lowest BCUT2D eigenvalue weighted by molar-refractivity contribution is -0.0506. The number of hydrogen-bond acceptors (Lipinski definition) is 4. The van der Waals surface area contributed by atoms with Crippen molar-refractivity contribution < 1.29 is 13.3 Å². The zero-order valence-electron chi connectivity index (χ0n) is 11.4. The summed E-state index contributed by atoms with van der Waals surface area (Å²) in [6.07, 6.45) is 3.94. The first-order chi connectivity index (χ1) is 9.52. The topological polar surface area (TPSA) is 59.0 Å². The molecule has 1 aromatic rings. The lowest BCUT2D eigenvalue weighted by Gasteiger charge is -2.36. The van der Waals surface area contributed by atoms with Gasteiger partial charge in [-0.2, -0.15) is 4.31 Å². The molecule has 1 fully saturated rings. The molecule has 0 atom stereocenters. The minimum absolute atomic E-state index is 0.265. The van der Waals surface area contributed by atoms with Gasteiger partial charge in [0, 0.05) is 38.6 Å². The Morgan fingerprint density at radius 3 is 2.40 bits per heavy atom. The maximum atomic E-state index is 12.6. The zero-order valence-corrected chi connectivity index (χ0v) is 12.3. The number of benzene rings is 1. The Balaban J connectivity index is 1.75. The van der Waals surface area contributed by atoms with Gasteiger partial charge >= 0.3 is 0 Å². The molecule has 2 heterocycles. The van der Waals surface area contributed by atoms with Crippen LogP contribution in [-0.4, -0.2) is 37.6 Å². The van der Waals surface area contributed by atoms with Gasteiger partial charge in [-0.25, -0.2) is 8.42 Å². The Kier molecular flexibility index (Phi) is 3.30. The van der Waals surface area contributed by atoms with Crippen LogP contribution in [0.5, 0.6) is 0 Å². The number of hydrogen-bond donors (Lipinski definition) is 0. The molecular formula is C14H18N2O3S. The Bertz CT molecular complexity index is 604. The highest BCUT2D eigenvalue weighted by Crippen LogP contribution is 2.34. The summed E-state index contributed by atoms with van der Waals surface area (Å²) < 4.78 is 26.7. The fraction of sp³-hybridized carbons (Fsp3) is 0.500. The maximum Gasteiger partial charge on any atom is 0.243 e. The average Bonchev–Trinajstić information content (AvgIpc) is 2.88. The van der Waals surface area contributed by atoms with Gasteiger partial charge in [-0.05, 0) is 19.1 Å². The molecule has 6 heteroatoms. The van der Waals surface area contributed by atoms with Crippen LogP contribution in [0.2, 0.25) is 0 Å². The molecule has 5 nitrogen and oxygen atoms in total. The molecule has 108 valence electrons. The first-order valence-electron chi connectivity index (χ1n) is 6.79. The summed E-state index contributed by atoms with van der Waals surface area (Å²) >= 11 is 0. The van der Waals surface area contributed by atoms with Crippen LogP contribution in [0.4, 0.5) is 0 Å². The van der Waals surface area contributed by atoms with Crippen LogP contribution in [0, 0.1) is 6.92 Å². The van der Waals surface area contributed by atoms with Gasteiger partial charge in [0.25, 0.3) is 0 Å². The second-order valence-electron chi connectivity index (χ2n) is 5.48. The summed E-state index contributed by atoms with van der Waals surface area (Å²) in [5.74, 6) is 0. The molecule has 20 heavy (non-hydrogen) atoms. The Labute approximate surface area is 119 Å². The maximum absolute atomic E-state index is 12.6. The van der Waals surface area contributed by atoms with E-state index < -0.39 is 10.0 Å². The normalized spacial score (nSPS) is 22.1. The summed E-state index contributed by atoms with van der Waals surface area (Å²) in [6.45, 7) is 2.91. The highest BCUT2D eigenvalue weighted by Gasteiger charge is 2.41. The first kappa shape index (κ1) is 13.6. The van der Waals surface area contributed by atoms with Crippen LogP contribution < -0.4 is 0 Å². The van der Waals surface area contributed by atoms with Crippen molar-refractivity contribution in [1.82, 2.24) is 4.31 Å². The number of nitrogens with zero attached hydrogens (tertiary/aromatic N) is 2. The van der Waals surface area contributed by atoms with E-state index in [0.717, 1.165) is 12.0 Å². The third kappa shape index (κ3) is 2.33. The van der Waals surface area contributed by atoms with Crippen LogP contribution in [-0.2, 0) is 14.9 Å². The van der Waals surface area contributed by atoms with Gasteiger partial charge in [0.05, 0.1) is 4.90 Å². The molecule has 0 aliphatic carbocycles. The average molecular weight is 294 g/mol. The van der Waals surface area contributed by atoms with Gasteiger partial charge < -0.3 is 4.84 Å². The Morgan fingerprint density at radius 2 is 1.85 bits per heavy atom. The van der Waals surface area contributed by atoms with Crippen molar-refractivity contribution in [2.45, 2.75) is 36.7 Å². The third-order valence-corrected chi connectivity index (χ3v) is 5.99. The second-order valence-corrected chi connectivity index (χ2v) is 7.42. The third-order valence-electron chi connectivity index (χ3n) is 4.08.